The van der Waals surface area contributed by atoms with E-state index in [1.165, 1.54) is 0 Å². The van der Waals surface area contributed by atoms with E-state index >= 15 is 0 Å². The molecule has 2 aromatic rings. The standard InChI is InChI=1S/C15H10Br2N2O2/c16-11-7-10(8-12(17)9-11)15(20)19-13-3-1-2-4-14(13)21-6-5-18/h1-4,7-9H,6H2,(H,19,20). The van der Waals surface area contributed by atoms with Gasteiger partial charge in [0.2, 0.25) is 0 Å². The third-order valence-electron chi connectivity index (χ3n) is 2.55. The van der Waals surface area contributed by atoms with Crippen LogP contribution in [0.3, 0.4) is 0 Å². The van der Waals surface area contributed by atoms with E-state index in [1.54, 1.807) is 36.4 Å². The van der Waals surface area contributed by atoms with Crippen molar-refractivity contribution in [1.29, 1.82) is 5.26 Å². The maximum atomic E-state index is 12.3. The highest BCUT2D eigenvalue weighted by atomic mass is 79.9. The Morgan fingerprint density at radius 3 is 2.52 bits per heavy atom. The number of ether oxygens (including phenoxy) is 1. The Hall–Kier alpha value is -1.84. The van der Waals surface area contributed by atoms with Crippen LogP contribution in [0.25, 0.3) is 0 Å². The molecule has 4 nitrogen and oxygen atoms in total. The van der Waals surface area contributed by atoms with E-state index in [2.05, 4.69) is 37.2 Å². The van der Waals surface area contributed by atoms with Gasteiger partial charge in [-0.2, -0.15) is 5.26 Å². The average Bonchev–Trinajstić information content (AvgIpc) is 2.45. The highest BCUT2D eigenvalue weighted by Gasteiger charge is 2.11. The summed E-state index contributed by atoms with van der Waals surface area (Å²) in [6.45, 7) is -0.0741. The lowest BCUT2D eigenvalue weighted by Crippen LogP contribution is -2.13. The van der Waals surface area contributed by atoms with Crippen LogP contribution in [0.4, 0.5) is 5.69 Å². The van der Waals surface area contributed by atoms with Crippen molar-refractivity contribution in [2.24, 2.45) is 0 Å². The van der Waals surface area contributed by atoms with Gasteiger partial charge >= 0.3 is 0 Å². The zero-order valence-corrected chi connectivity index (χ0v) is 13.9. The molecular formula is C15H10Br2N2O2. The molecule has 1 N–H and O–H groups in total. The predicted molar refractivity (Wildman–Crippen MR) is 87.3 cm³/mol. The second kappa shape index (κ2) is 7.25. The van der Waals surface area contributed by atoms with Crippen molar-refractivity contribution in [3.63, 3.8) is 0 Å². The van der Waals surface area contributed by atoms with Gasteiger partial charge in [0, 0.05) is 14.5 Å². The van der Waals surface area contributed by atoms with Crippen molar-refractivity contribution < 1.29 is 9.53 Å². The lowest BCUT2D eigenvalue weighted by molar-refractivity contribution is 0.102. The molecule has 0 aliphatic rings. The lowest BCUT2D eigenvalue weighted by atomic mass is 10.2. The maximum absolute atomic E-state index is 12.3. The first-order valence-electron chi connectivity index (χ1n) is 5.96. The molecule has 1 amide bonds. The molecule has 2 rings (SSSR count). The molecule has 0 saturated carbocycles. The van der Waals surface area contributed by atoms with Gasteiger partial charge in [-0.25, -0.2) is 0 Å². The second-order valence-corrected chi connectivity index (χ2v) is 5.89. The number of halogens is 2. The third kappa shape index (κ3) is 4.31. The van der Waals surface area contributed by atoms with Crippen LogP contribution < -0.4 is 10.1 Å². The number of carbonyl (C=O) groups excluding carboxylic acids is 1. The van der Waals surface area contributed by atoms with E-state index in [1.807, 2.05) is 12.1 Å². The SMILES string of the molecule is N#CCOc1ccccc1NC(=O)c1cc(Br)cc(Br)c1. The summed E-state index contributed by atoms with van der Waals surface area (Å²) in [5.74, 6) is 0.200. The molecule has 0 fully saturated rings. The summed E-state index contributed by atoms with van der Waals surface area (Å²) in [4.78, 5) is 12.3. The minimum atomic E-state index is -0.259. The number of anilines is 1. The van der Waals surface area contributed by atoms with Gasteiger partial charge < -0.3 is 10.1 Å². The van der Waals surface area contributed by atoms with Gasteiger partial charge in [-0.1, -0.05) is 44.0 Å². The van der Waals surface area contributed by atoms with Gasteiger partial charge in [-0.15, -0.1) is 0 Å². The van der Waals surface area contributed by atoms with Gasteiger partial charge in [0.25, 0.3) is 5.91 Å². The van der Waals surface area contributed by atoms with Crippen molar-refractivity contribution in [3.8, 4) is 11.8 Å². The molecule has 21 heavy (non-hydrogen) atoms. The molecule has 0 saturated heterocycles. The number of nitrogens with one attached hydrogen (secondary N) is 1. The molecular weight excluding hydrogens is 400 g/mol. The van der Waals surface area contributed by atoms with Crippen LogP contribution in [0.15, 0.2) is 51.4 Å². The van der Waals surface area contributed by atoms with Crippen LogP contribution >= 0.6 is 31.9 Å². The van der Waals surface area contributed by atoms with E-state index in [4.69, 9.17) is 10.00 Å². The first-order valence-corrected chi connectivity index (χ1v) is 7.55. The Bertz CT molecular complexity index is 691. The van der Waals surface area contributed by atoms with Gasteiger partial charge in [0.1, 0.15) is 11.8 Å². The number of amides is 1. The van der Waals surface area contributed by atoms with Crippen molar-refractivity contribution in [1.82, 2.24) is 0 Å². The molecule has 0 aliphatic heterocycles. The van der Waals surface area contributed by atoms with Crippen molar-refractivity contribution in [2.75, 3.05) is 11.9 Å². The number of nitrogens with zero attached hydrogens (tertiary/aromatic N) is 1. The first-order chi connectivity index (χ1) is 10.1. The number of para-hydroxylation sites is 2. The fraction of sp³-hybridized carbons (Fsp3) is 0.0667. The van der Waals surface area contributed by atoms with Crippen LogP contribution in [-0.2, 0) is 0 Å². The fourth-order valence-electron chi connectivity index (χ4n) is 1.69. The topological polar surface area (TPSA) is 62.1 Å². The Kier molecular flexibility index (Phi) is 5.37. The molecule has 0 aliphatic carbocycles. The minimum Gasteiger partial charge on any atom is -0.477 e. The van der Waals surface area contributed by atoms with Crippen molar-refractivity contribution >= 4 is 43.5 Å². The normalized spacial score (nSPS) is 9.76. The second-order valence-electron chi connectivity index (χ2n) is 4.06. The zero-order valence-electron chi connectivity index (χ0n) is 10.8. The summed E-state index contributed by atoms with van der Waals surface area (Å²) in [6.07, 6.45) is 0. The summed E-state index contributed by atoms with van der Waals surface area (Å²) in [6, 6.07) is 14.2. The van der Waals surface area contributed by atoms with E-state index in [-0.39, 0.29) is 12.5 Å². The summed E-state index contributed by atoms with van der Waals surface area (Å²) in [5, 5.41) is 11.3. The summed E-state index contributed by atoms with van der Waals surface area (Å²) in [7, 11) is 0. The van der Waals surface area contributed by atoms with Crippen molar-refractivity contribution in [3.05, 3.63) is 57.0 Å². The average molecular weight is 410 g/mol. The van der Waals surface area contributed by atoms with Gasteiger partial charge in [-0.3, -0.25) is 4.79 Å². The number of nitriles is 1. The number of hydrogen-bond donors (Lipinski definition) is 1. The van der Waals surface area contributed by atoms with Crippen LogP contribution in [0.5, 0.6) is 5.75 Å². The molecule has 6 heteroatoms. The largest absolute Gasteiger partial charge is 0.477 e. The lowest BCUT2D eigenvalue weighted by Gasteiger charge is -2.11. The minimum absolute atomic E-state index is 0.0741. The monoisotopic (exact) mass is 408 g/mol. The van der Waals surface area contributed by atoms with Crippen LogP contribution in [0.2, 0.25) is 0 Å². The smallest absolute Gasteiger partial charge is 0.255 e. The maximum Gasteiger partial charge on any atom is 0.255 e. The molecule has 0 bridgehead atoms. The quantitative estimate of drug-likeness (QED) is 0.815. The van der Waals surface area contributed by atoms with Gasteiger partial charge in [-0.05, 0) is 30.3 Å². The molecule has 0 spiro atoms. The first kappa shape index (κ1) is 15.5. The molecule has 0 heterocycles. The number of benzene rings is 2. The Morgan fingerprint density at radius 2 is 1.86 bits per heavy atom. The zero-order chi connectivity index (χ0) is 15.2. The Balaban J connectivity index is 2.21. The van der Waals surface area contributed by atoms with Crippen LogP contribution in [0, 0.1) is 11.3 Å². The van der Waals surface area contributed by atoms with Crippen molar-refractivity contribution in [2.45, 2.75) is 0 Å². The Labute approximate surface area is 139 Å². The molecule has 106 valence electrons. The number of rotatable bonds is 4. The van der Waals surface area contributed by atoms with Gasteiger partial charge in [0.05, 0.1) is 5.69 Å². The summed E-state index contributed by atoms with van der Waals surface area (Å²) in [5.41, 5.74) is 1.03. The summed E-state index contributed by atoms with van der Waals surface area (Å²) < 4.78 is 6.88. The highest BCUT2D eigenvalue weighted by molar-refractivity contribution is 9.11. The third-order valence-corrected chi connectivity index (χ3v) is 3.47. The highest BCUT2D eigenvalue weighted by Crippen LogP contribution is 2.25. The van der Waals surface area contributed by atoms with E-state index < -0.39 is 0 Å². The van der Waals surface area contributed by atoms with E-state index in [9.17, 15) is 4.79 Å². The van der Waals surface area contributed by atoms with Gasteiger partial charge in [0.15, 0.2) is 6.61 Å². The van der Waals surface area contributed by atoms with E-state index in [0.717, 1.165) is 8.95 Å². The molecule has 0 unspecified atom stereocenters. The molecule has 0 atom stereocenters. The predicted octanol–water partition coefficient (Wildman–Crippen LogP) is 4.37. The number of carbonyl (C=O) groups is 1. The molecule has 0 aromatic heterocycles. The number of hydrogen-bond acceptors (Lipinski definition) is 3. The summed E-state index contributed by atoms with van der Waals surface area (Å²) >= 11 is 6.69. The molecule has 2 aromatic carbocycles. The van der Waals surface area contributed by atoms with Crippen LogP contribution in [-0.4, -0.2) is 12.5 Å². The fourth-order valence-corrected chi connectivity index (χ4v) is 2.98. The van der Waals surface area contributed by atoms with Crippen LogP contribution in [0.1, 0.15) is 10.4 Å². The Morgan fingerprint density at radius 1 is 1.19 bits per heavy atom. The molecule has 0 radical (unpaired) electrons. The van der Waals surface area contributed by atoms with E-state index in [0.29, 0.717) is 17.0 Å².